The van der Waals surface area contributed by atoms with E-state index in [-0.39, 0.29) is 6.04 Å². The van der Waals surface area contributed by atoms with E-state index in [0.29, 0.717) is 5.25 Å². The van der Waals surface area contributed by atoms with E-state index in [1.807, 2.05) is 31.2 Å². The van der Waals surface area contributed by atoms with Crippen LogP contribution >= 0.6 is 11.8 Å². The molecule has 1 aliphatic heterocycles. The Kier molecular flexibility index (Phi) is 2.07. The second kappa shape index (κ2) is 4.09. The van der Waals surface area contributed by atoms with Crippen LogP contribution in [0.1, 0.15) is 30.4 Å². The van der Waals surface area contributed by atoms with Crippen LogP contribution in [-0.4, -0.2) is 16.7 Å². The van der Waals surface area contributed by atoms with Crippen LogP contribution in [0.15, 0.2) is 24.3 Å². The summed E-state index contributed by atoms with van der Waals surface area (Å²) in [5, 5.41) is -0.112. The summed E-state index contributed by atoms with van der Waals surface area (Å²) in [5.74, 6) is 0. The topological polar surface area (TPSA) is 3.24 Å². The highest BCUT2D eigenvalue weighted by atomic mass is 32.2. The molecular formula is C13H19NS. The van der Waals surface area contributed by atoms with Gasteiger partial charge in [-0.05, 0) is 32.3 Å². The molecule has 0 saturated carbocycles. The largest absolute Gasteiger partial charge is 0.356 e. The van der Waals surface area contributed by atoms with Crippen LogP contribution < -0.4 is 4.90 Å². The van der Waals surface area contributed by atoms with E-state index in [2.05, 4.69) is 18.7 Å². The molecule has 0 aromatic heterocycles. The zero-order valence-electron chi connectivity index (χ0n) is 12.4. The van der Waals surface area contributed by atoms with Crippen LogP contribution in [0.5, 0.6) is 0 Å². The fourth-order valence-electron chi connectivity index (χ4n) is 2.02. The molecule has 1 nitrogen and oxygen atoms in total. The van der Waals surface area contributed by atoms with Gasteiger partial charge >= 0.3 is 0 Å². The number of rotatable bonds is 1. The van der Waals surface area contributed by atoms with Crippen LogP contribution in [0.4, 0.5) is 5.69 Å². The number of hydrogen-bond acceptors (Lipinski definition) is 2. The second-order valence-corrected chi connectivity index (χ2v) is 5.59. The second-order valence-electron chi connectivity index (χ2n) is 4.13. The van der Waals surface area contributed by atoms with Crippen molar-refractivity contribution in [2.24, 2.45) is 0 Å². The van der Waals surface area contributed by atoms with Gasteiger partial charge < -0.3 is 4.90 Å². The van der Waals surface area contributed by atoms with Gasteiger partial charge in [-0.2, -0.15) is 0 Å². The molecule has 1 fully saturated rings. The van der Waals surface area contributed by atoms with E-state index < -0.39 is 12.2 Å². The number of nitrogens with zero attached hydrogens (tertiary/aromatic N) is 1. The molecule has 0 spiro atoms. The maximum absolute atomic E-state index is 7.73. The maximum atomic E-state index is 7.73. The number of hydrogen-bond donors (Lipinski definition) is 0. The Balaban J connectivity index is 2.42. The Morgan fingerprint density at radius 3 is 2.73 bits per heavy atom. The Labute approximate surface area is 101 Å². The van der Waals surface area contributed by atoms with Gasteiger partial charge in [0.25, 0.3) is 0 Å². The van der Waals surface area contributed by atoms with Gasteiger partial charge in [0.2, 0.25) is 0 Å². The van der Waals surface area contributed by atoms with Crippen LogP contribution in [0.25, 0.3) is 0 Å². The molecule has 1 aromatic rings. The van der Waals surface area contributed by atoms with Crippen LogP contribution in [0.2, 0.25) is 0 Å². The Morgan fingerprint density at radius 2 is 2.07 bits per heavy atom. The zero-order chi connectivity index (χ0) is 13.5. The molecule has 1 saturated heterocycles. The smallest absolute Gasteiger partial charge is 0.0729 e. The van der Waals surface area contributed by atoms with Crippen molar-refractivity contribution in [1.82, 2.24) is 0 Å². The van der Waals surface area contributed by atoms with Gasteiger partial charge in [0, 0.05) is 21.1 Å². The van der Waals surface area contributed by atoms with E-state index in [4.69, 9.17) is 4.11 Å². The van der Waals surface area contributed by atoms with Crippen molar-refractivity contribution in [2.75, 3.05) is 4.90 Å². The van der Waals surface area contributed by atoms with E-state index in [0.717, 1.165) is 11.3 Å². The zero-order valence-corrected chi connectivity index (χ0v) is 10.2. The van der Waals surface area contributed by atoms with Crippen molar-refractivity contribution in [3.63, 3.8) is 0 Å². The normalized spacial score (nSPS) is 34.7. The summed E-state index contributed by atoms with van der Waals surface area (Å²) in [7, 11) is 0. The standard InChI is InChI=1S/C13H19NS/c1-9-7-5-6-8-13(9)14-10(2)11(3)15-12(14)4/h5-8,10-12H,1-4H3/t10-,11?,12?/m0/s1/i4D3. The van der Waals surface area contributed by atoms with Crippen molar-refractivity contribution in [2.45, 2.75) is 44.3 Å². The third-order valence-corrected chi connectivity index (χ3v) is 4.42. The molecule has 3 atom stereocenters. The minimum atomic E-state index is -1.95. The molecule has 0 radical (unpaired) electrons. The predicted molar refractivity (Wildman–Crippen MR) is 69.6 cm³/mol. The van der Waals surface area contributed by atoms with Gasteiger partial charge in [-0.15, -0.1) is 11.8 Å². The molecule has 1 aliphatic rings. The summed E-state index contributed by atoms with van der Waals surface area (Å²) < 4.78 is 23.2. The number of benzene rings is 1. The molecule has 2 unspecified atom stereocenters. The molecule has 82 valence electrons. The minimum Gasteiger partial charge on any atom is -0.356 e. The van der Waals surface area contributed by atoms with Gasteiger partial charge in [0.15, 0.2) is 0 Å². The summed E-state index contributed by atoms with van der Waals surface area (Å²) in [6, 6.07) is 8.25. The summed E-state index contributed by atoms with van der Waals surface area (Å²) in [6.45, 7) is 4.29. The molecule has 1 aromatic carbocycles. The number of para-hydroxylation sites is 1. The van der Waals surface area contributed by atoms with E-state index in [1.54, 1.807) is 11.8 Å². The molecule has 0 amide bonds. The van der Waals surface area contributed by atoms with Crippen molar-refractivity contribution in [3.05, 3.63) is 29.8 Å². The van der Waals surface area contributed by atoms with Crippen LogP contribution in [0.3, 0.4) is 0 Å². The number of thioether (sulfide) groups is 1. The quantitative estimate of drug-likeness (QED) is 0.716. The highest BCUT2D eigenvalue weighted by Gasteiger charge is 2.34. The van der Waals surface area contributed by atoms with Gasteiger partial charge in [0.1, 0.15) is 0 Å². The van der Waals surface area contributed by atoms with Crippen molar-refractivity contribution >= 4 is 17.4 Å². The SMILES string of the molecule is [2H]C([2H])([2H])C1SC(C)[C@H](C)N1c1ccccc1C. The summed E-state index contributed by atoms with van der Waals surface area (Å²) in [6.07, 6.45) is 0. The Hall–Kier alpha value is -0.630. The fraction of sp³-hybridized carbons (Fsp3) is 0.538. The average molecular weight is 224 g/mol. The van der Waals surface area contributed by atoms with E-state index in [1.165, 1.54) is 0 Å². The Morgan fingerprint density at radius 1 is 1.33 bits per heavy atom. The van der Waals surface area contributed by atoms with Gasteiger partial charge in [-0.1, -0.05) is 25.1 Å². The van der Waals surface area contributed by atoms with Crippen LogP contribution in [0, 0.1) is 6.92 Å². The third-order valence-electron chi connectivity index (χ3n) is 3.11. The molecule has 0 aliphatic carbocycles. The maximum Gasteiger partial charge on any atom is 0.0729 e. The summed E-state index contributed by atoms with van der Waals surface area (Å²) in [5.41, 5.74) is 2.18. The molecular weight excluding hydrogens is 202 g/mol. The van der Waals surface area contributed by atoms with Crippen molar-refractivity contribution < 1.29 is 4.11 Å². The first-order chi connectivity index (χ1) is 8.32. The lowest BCUT2D eigenvalue weighted by Gasteiger charge is -2.29. The molecule has 15 heavy (non-hydrogen) atoms. The lowest BCUT2D eigenvalue weighted by Crippen LogP contribution is -2.35. The van der Waals surface area contributed by atoms with E-state index >= 15 is 0 Å². The number of anilines is 1. The van der Waals surface area contributed by atoms with Crippen molar-refractivity contribution in [3.8, 4) is 0 Å². The predicted octanol–water partition coefficient (Wildman–Crippen LogP) is 3.67. The summed E-state index contributed by atoms with van der Waals surface area (Å²) >= 11 is 1.56. The third kappa shape index (κ3) is 1.87. The molecule has 1 heterocycles. The van der Waals surface area contributed by atoms with Crippen LogP contribution in [-0.2, 0) is 0 Å². The van der Waals surface area contributed by atoms with Crippen molar-refractivity contribution in [1.29, 1.82) is 0 Å². The Bertz CT molecular complexity index is 432. The first-order valence-electron chi connectivity index (χ1n) is 6.82. The van der Waals surface area contributed by atoms with E-state index in [9.17, 15) is 0 Å². The highest BCUT2D eigenvalue weighted by Crippen LogP contribution is 2.39. The molecule has 2 rings (SSSR count). The van der Waals surface area contributed by atoms with Gasteiger partial charge in [0.05, 0.1) is 5.37 Å². The monoisotopic (exact) mass is 224 g/mol. The lowest BCUT2D eigenvalue weighted by molar-refractivity contribution is 0.661. The molecule has 0 N–H and O–H groups in total. The average Bonchev–Trinajstić information content (AvgIpc) is 2.57. The van der Waals surface area contributed by atoms with Gasteiger partial charge in [-0.3, -0.25) is 0 Å². The lowest BCUT2D eigenvalue weighted by atomic mass is 10.1. The minimum absolute atomic E-state index is 0.238. The number of aryl methyl sites for hydroxylation is 1. The first kappa shape index (κ1) is 7.61. The molecule has 0 bridgehead atoms. The molecule has 2 heteroatoms. The van der Waals surface area contributed by atoms with Gasteiger partial charge in [-0.25, -0.2) is 0 Å². The fourth-order valence-corrected chi connectivity index (χ4v) is 3.22. The summed E-state index contributed by atoms with van der Waals surface area (Å²) in [4.78, 5) is 2.07. The first-order valence-corrected chi connectivity index (χ1v) is 6.26. The highest BCUT2D eigenvalue weighted by molar-refractivity contribution is 8.00.